The zero-order valence-corrected chi connectivity index (χ0v) is 20.8. The van der Waals surface area contributed by atoms with Crippen LogP contribution in [0.25, 0.3) is 0 Å². The largest absolute Gasteiger partial charge is 0.357 e. The molecule has 0 aromatic carbocycles. The number of carbonyl (C=O) groups is 1. The number of piperazine rings is 1. The molecule has 2 N–H and O–H groups in total. The first-order valence-corrected chi connectivity index (χ1v) is 10.4. The molecule has 0 saturated carbocycles. The van der Waals surface area contributed by atoms with Crippen LogP contribution in [0.15, 0.2) is 17.4 Å². The van der Waals surface area contributed by atoms with E-state index >= 15 is 0 Å². The minimum atomic E-state index is 0. The molecule has 0 radical (unpaired) electrons. The molecule has 0 aliphatic carbocycles. The van der Waals surface area contributed by atoms with Crippen LogP contribution in [0.5, 0.6) is 0 Å². The number of imidazole rings is 1. The number of hydrogen-bond acceptors (Lipinski definition) is 4. The Bertz CT molecular complexity index is 637. The molecule has 1 saturated heterocycles. The maximum absolute atomic E-state index is 12.0. The molecule has 1 aliphatic rings. The minimum absolute atomic E-state index is 0. The van der Waals surface area contributed by atoms with Crippen molar-refractivity contribution in [2.75, 3.05) is 39.3 Å². The second kappa shape index (κ2) is 13.0. The summed E-state index contributed by atoms with van der Waals surface area (Å²) in [7, 11) is 0. The van der Waals surface area contributed by atoms with Crippen molar-refractivity contribution >= 4 is 35.8 Å². The smallest absolute Gasteiger partial charge is 0.234 e. The molecule has 1 aromatic rings. The fraction of sp³-hybridized carbons (Fsp3) is 0.750. The van der Waals surface area contributed by atoms with Crippen molar-refractivity contribution < 1.29 is 4.79 Å². The Kier molecular flexibility index (Phi) is 11.6. The number of nitrogens with zero attached hydrogens (tertiary/aromatic N) is 5. The Hall–Kier alpha value is -1.36. The molecule has 2 rings (SSSR count). The fourth-order valence-corrected chi connectivity index (χ4v) is 3.31. The third-order valence-corrected chi connectivity index (χ3v) is 4.56. The topological polar surface area (TPSA) is 77.8 Å². The van der Waals surface area contributed by atoms with E-state index in [1.54, 1.807) is 0 Å². The van der Waals surface area contributed by atoms with Gasteiger partial charge in [0.15, 0.2) is 5.96 Å². The normalized spacial score (nSPS) is 15.6. The minimum Gasteiger partial charge on any atom is -0.357 e. The first kappa shape index (κ1) is 25.7. The van der Waals surface area contributed by atoms with E-state index in [1.807, 2.05) is 26.2 Å². The molecule has 8 nitrogen and oxygen atoms in total. The van der Waals surface area contributed by atoms with Crippen LogP contribution in [0.2, 0.25) is 0 Å². The lowest BCUT2D eigenvalue weighted by molar-refractivity contribution is -0.123. The molecule has 0 unspecified atom stereocenters. The van der Waals surface area contributed by atoms with Crippen molar-refractivity contribution in [2.24, 2.45) is 10.9 Å². The molecular formula is C20H38IN7O. The molecule has 1 fully saturated rings. The van der Waals surface area contributed by atoms with Gasteiger partial charge >= 0.3 is 0 Å². The van der Waals surface area contributed by atoms with Gasteiger partial charge in [-0.15, -0.1) is 24.0 Å². The molecule has 1 aromatic heterocycles. The van der Waals surface area contributed by atoms with Crippen LogP contribution in [-0.2, 0) is 17.9 Å². The number of guanidine groups is 1. The molecule has 2 heterocycles. The van der Waals surface area contributed by atoms with Crippen LogP contribution >= 0.6 is 24.0 Å². The summed E-state index contributed by atoms with van der Waals surface area (Å²) >= 11 is 0. The number of aliphatic imine (C=N–C) groups is 1. The summed E-state index contributed by atoms with van der Waals surface area (Å²) in [6.07, 6.45) is 3.87. The second-order valence-corrected chi connectivity index (χ2v) is 8.05. The van der Waals surface area contributed by atoms with Crippen LogP contribution in [0.3, 0.4) is 0 Å². The van der Waals surface area contributed by atoms with E-state index in [-0.39, 0.29) is 35.9 Å². The van der Waals surface area contributed by atoms with Crippen molar-refractivity contribution in [3.63, 3.8) is 0 Å². The monoisotopic (exact) mass is 519 g/mol. The van der Waals surface area contributed by atoms with Gasteiger partial charge in [-0.3, -0.25) is 9.69 Å². The van der Waals surface area contributed by atoms with E-state index in [0.717, 1.165) is 51.1 Å². The second-order valence-electron chi connectivity index (χ2n) is 8.05. The Morgan fingerprint density at radius 1 is 1.21 bits per heavy atom. The molecule has 29 heavy (non-hydrogen) atoms. The first-order valence-electron chi connectivity index (χ1n) is 10.4. The Labute approximate surface area is 192 Å². The molecule has 9 heteroatoms. The van der Waals surface area contributed by atoms with Gasteiger partial charge in [-0.05, 0) is 26.7 Å². The highest BCUT2D eigenvalue weighted by Crippen LogP contribution is 2.07. The van der Waals surface area contributed by atoms with E-state index in [9.17, 15) is 4.79 Å². The summed E-state index contributed by atoms with van der Waals surface area (Å²) in [4.78, 5) is 25.7. The van der Waals surface area contributed by atoms with Crippen LogP contribution in [0.4, 0.5) is 0 Å². The number of carbonyl (C=O) groups excluding carboxylic acids is 1. The predicted octanol–water partition coefficient (Wildman–Crippen LogP) is 1.76. The summed E-state index contributed by atoms with van der Waals surface area (Å²) in [6.45, 7) is 16.7. The van der Waals surface area contributed by atoms with Crippen LogP contribution in [0.1, 0.15) is 40.4 Å². The van der Waals surface area contributed by atoms with Gasteiger partial charge in [-0.1, -0.05) is 13.8 Å². The molecular weight excluding hydrogens is 481 g/mol. The van der Waals surface area contributed by atoms with Crippen molar-refractivity contribution in [2.45, 2.75) is 53.8 Å². The van der Waals surface area contributed by atoms with Crippen molar-refractivity contribution in [1.29, 1.82) is 0 Å². The Balaban J connectivity index is 0.00000420. The van der Waals surface area contributed by atoms with Gasteiger partial charge in [0.05, 0.1) is 6.54 Å². The molecule has 1 aliphatic heterocycles. The lowest BCUT2D eigenvalue weighted by Gasteiger charge is -2.36. The molecule has 0 bridgehead atoms. The van der Waals surface area contributed by atoms with Gasteiger partial charge in [0.2, 0.25) is 5.91 Å². The zero-order chi connectivity index (χ0) is 20.5. The van der Waals surface area contributed by atoms with E-state index in [0.29, 0.717) is 19.0 Å². The molecule has 0 spiro atoms. The Morgan fingerprint density at radius 3 is 2.48 bits per heavy atom. The van der Waals surface area contributed by atoms with Gasteiger partial charge in [0.25, 0.3) is 0 Å². The van der Waals surface area contributed by atoms with Gasteiger partial charge in [0, 0.05) is 57.7 Å². The lowest BCUT2D eigenvalue weighted by atomic mass is 10.2. The quantitative estimate of drug-likeness (QED) is 0.311. The van der Waals surface area contributed by atoms with Crippen LogP contribution < -0.4 is 10.6 Å². The number of hydrogen-bond donors (Lipinski definition) is 2. The average Bonchev–Trinajstić information content (AvgIpc) is 3.05. The number of nitrogens with one attached hydrogen (secondary N) is 2. The highest BCUT2D eigenvalue weighted by Gasteiger charge is 2.21. The summed E-state index contributed by atoms with van der Waals surface area (Å²) in [5.74, 6) is 2.59. The maximum atomic E-state index is 12.0. The van der Waals surface area contributed by atoms with Crippen LogP contribution in [0, 0.1) is 5.92 Å². The summed E-state index contributed by atoms with van der Waals surface area (Å²) < 4.78 is 2.18. The SMILES string of the molecule is CCNC(=NCc1nccn1CC(C)C)N1CCN(CC(=O)NC(C)C)CC1.I. The number of aromatic nitrogens is 2. The van der Waals surface area contributed by atoms with Crippen molar-refractivity contribution in [3.8, 4) is 0 Å². The summed E-state index contributed by atoms with van der Waals surface area (Å²) in [6, 6.07) is 0.185. The van der Waals surface area contributed by atoms with Gasteiger partial charge in [-0.2, -0.15) is 0 Å². The van der Waals surface area contributed by atoms with E-state index in [4.69, 9.17) is 4.99 Å². The van der Waals surface area contributed by atoms with E-state index < -0.39 is 0 Å². The Morgan fingerprint density at radius 2 is 1.90 bits per heavy atom. The maximum Gasteiger partial charge on any atom is 0.234 e. The molecule has 166 valence electrons. The highest BCUT2D eigenvalue weighted by atomic mass is 127. The van der Waals surface area contributed by atoms with Crippen molar-refractivity contribution in [3.05, 3.63) is 18.2 Å². The first-order chi connectivity index (χ1) is 13.4. The van der Waals surface area contributed by atoms with Gasteiger partial charge < -0.3 is 20.1 Å². The number of amides is 1. The predicted molar refractivity (Wildman–Crippen MR) is 129 cm³/mol. The number of rotatable bonds is 8. The molecule has 1 amide bonds. The zero-order valence-electron chi connectivity index (χ0n) is 18.5. The van der Waals surface area contributed by atoms with E-state index in [2.05, 4.69) is 50.8 Å². The third-order valence-electron chi connectivity index (χ3n) is 4.56. The van der Waals surface area contributed by atoms with Crippen molar-refractivity contribution in [1.82, 2.24) is 30.0 Å². The highest BCUT2D eigenvalue weighted by molar-refractivity contribution is 14.0. The third kappa shape index (κ3) is 8.90. The number of halogens is 1. The standard InChI is InChI=1S/C20H37N7O.HI/c1-6-21-20(23-13-18-22-7-8-27(18)14-16(2)3)26-11-9-25(10-12-26)15-19(28)24-17(4)5;/h7-8,16-17H,6,9-15H2,1-5H3,(H,21,23)(H,24,28);1H. The average molecular weight is 519 g/mol. The summed E-state index contributed by atoms with van der Waals surface area (Å²) in [5.41, 5.74) is 0. The fourth-order valence-electron chi connectivity index (χ4n) is 3.31. The lowest BCUT2D eigenvalue weighted by Crippen LogP contribution is -2.54. The van der Waals surface area contributed by atoms with E-state index in [1.165, 1.54) is 0 Å². The van der Waals surface area contributed by atoms with Gasteiger partial charge in [0.1, 0.15) is 12.4 Å². The molecule has 0 atom stereocenters. The van der Waals surface area contributed by atoms with Crippen LogP contribution in [-0.4, -0.2) is 76.5 Å². The summed E-state index contributed by atoms with van der Waals surface area (Å²) in [5, 5.41) is 6.36. The van der Waals surface area contributed by atoms with Gasteiger partial charge in [-0.25, -0.2) is 9.98 Å².